The summed E-state index contributed by atoms with van der Waals surface area (Å²) in [5, 5.41) is 10.3. The number of aliphatic hydroxyl groups excluding tert-OH is 1. The van der Waals surface area contributed by atoms with Crippen molar-refractivity contribution in [1.82, 2.24) is 0 Å². The van der Waals surface area contributed by atoms with Crippen LogP contribution in [0.4, 0.5) is 0 Å². The third kappa shape index (κ3) is 32.5. The maximum atomic E-state index is 10.3. The number of unbranched alkanes of at least 4 members (excludes halogenated alkanes) is 24. The van der Waals surface area contributed by atoms with Crippen LogP contribution in [0.3, 0.4) is 0 Å². The normalized spacial score (nSPS) is 14.8. The monoisotopic (exact) mass is 670 g/mol. The first-order chi connectivity index (χ1) is 21.8. The van der Waals surface area contributed by atoms with Crippen LogP contribution in [0, 0.1) is 11.8 Å². The van der Waals surface area contributed by atoms with Crippen LogP contribution in [-0.4, -0.2) is 34.1 Å². The van der Waals surface area contributed by atoms with Gasteiger partial charge in [0.2, 0.25) is 0 Å². The SMILES string of the molecule is CCCCCCCCCCCCCCCC(C)CC(C)[N+](=CC(C)O)C(C)CC(C)CCCCCCCCCCCCCCC.[Cl-]. The van der Waals surface area contributed by atoms with Crippen molar-refractivity contribution in [2.24, 2.45) is 11.8 Å². The molecular weight excluding hydrogens is 582 g/mol. The van der Waals surface area contributed by atoms with Crippen LogP contribution in [0.25, 0.3) is 0 Å². The van der Waals surface area contributed by atoms with Gasteiger partial charge in [-0.3, -0.25) is 0 Å². The molecule has 0 saturated heterocycles. The van der Waals surface area contributed by atoms with E-state index in [1.165, 1.54) is 193 Å². The summed E-state index contributed by atoms with van der Waals surface area (Å²) in [6.07, 6.45) is 44.1. The summed E-state index contributed by atoms with van der Waals surface area (Å²) >= 11 is 0. The first kappa shape index (κ1) is 48.0. The zero-order valence-corrected chi connectivity index (χ0v) is 33.7. The number of nitrogens with zero attached hydrogens (tertiary/aromatic N) is 1. The summed E-state index contributed by atoms with van der Waals surface area (Å²) in [5.41, 5.74) is 0. The molecule has 0 aromatic heterocycles. The van der Waals surface area contributed by atoms with Gasteiger partial charge in [0.05, 0.1) is 0 Å². The minimum Gasteiger partial charge on any atom is -1.00 e. The van der Waals surface area contributed by atoms with E-state index in [-0.39, 0.29) is 18.5 Å². The molecule has 2 nitrogen and oxygen atoms in total. The van der Waals surface area contributed by atoms with Gasteiger partial charge in [-0.25, -0.2) is 4.58 Å². The Kier molecular flexibility index (Phi) is 37.8. The lowest BCUT2D eigenvalue weighted by Gasteiger charge is -2.23. The molecule has 0 aliphatic rings. The highest BCUT2D eigenvalue weighted by molar-refractivity contribution is 5.56. The molecule has 0 aromatic carbocycles. The van der Waals surface area contributed by atoms with Crippen LogP contribution in [0.5, 0.6) is 0 Å². The second-order valence-electron chi connectivity index (χ2n) is 15.8. The van der Waals surface area contributed by atoms with Gasteiger partial charge in [0.1, 0.15) is 18.2 Å². The molecular formula is C43H88ClNO. The predicted octanol–water partition coefficient (Wildman–Crippen LogP) is 11.2. The molecule has 0 bridgehead atoms. The van der Waals surface area contributed by atoms with Gasteiger partial charge in [0.25, 0.3) is 0 Å². The van der Waals surface area contributed by atoms with Crippen LogP contribution in [-0.2, 0) is 0 Å². The summed E-state index contributed by atoms with van der Waals surface area (Å²) in [6, 6.07) is 0.991. The van der Waals surface area contributed by atoms with E-state index in [0.29, 0.717) is 12.1 Å². The molecule has 0 aromatic rings. The number of aliphatic hydroxyl groups is 1. The van der Waals surface area contributed by atoms with Crippen molar-refractivity contribution in [3.05, 3.63) is 0 Å². The number of halogens is 1. The second-order valence-corrected chi connectivity index (χ2v) is 15.8. The van der Waals surface area contributed by atoms with Gasteiger partial charge in [0.15, 0.2) is 6.21 Å². The molecule has 5 atom stereocenters. The van der Waals surface area contributed by atoms with E-state index >= 15 is 0 Å². The molecule has 0 aliphatic carbocycles. The summed E-state index contributed by atoms with van der Waals surface area (Å²) in [4.78, 5) is 0. The van der Waals surface area contributed by atoms with E-state index in [0.717, 1.165) is 11.8 Å². The first-order valence-corrected chi connectivity index (χ1v) is 21.1. The number of hydrogen-bond acceptors (Lipinski definition) is 1. The molecule has 46 heavy (non-hydrogen) atoms. The summed E-state index contributed by atoms with van der Waals surface area (Å²) in [7, 11) is 0. The fourth-order valence-corrected chi connectivity index (χ4v) is 7.64. The molecule has 0 rings (SSSR count). The lowest BCUT2D eigenvalue weighted by atomic mass is 9.92. The van der Waals surface area contributed by atoms with Crippen LogP contribution in [0.15, 0.2) is 0 Å². The maximum Gasteiger partial charge on any atom is 0.168 e. The molecule has 0 fully saturated rings. The van der Waals surface area contributed by atoms with Gasteiger partial charge in [-0.15, -0.1) is 0 Å². The fourth-order valence-electron chi connectivity index (χ4n) is 7.64. The third-order valence-corrected chi connectivity index (χ3v) is 10.5. The van der Waals surface area contributed by atoms with Crippen LogP contribution in [0.1, 0.15) is 241 Å². The van der Waals surface area contributed by atoms with E-state index in [1.807, 2.05) is 6.92 Å². The van der Waals surface area contributed by atoms with Crippen molar-refractivity contribution in [1.29, 1.82) is 0 Å². The Hall–Kier alpha value is -0.0800. The summed E-state index contributed by atoms with van der Waals surface area (Å²) in [6.45, 7) is 16.2. The average molecular weight is 671 g/mol. The Bertz CT molecular complexity index is 574. The molecule has 1 N–H and O–H groups in total. The highest BCUT2D eigenvalue weighted by Gasteiger charge is 2.26. The molecule has 0 spiro atoms. The Balaban J connectivity index is 0. The van der Waals surface area contributed by atoms with Crippen molar-refractivity contribution < 1.29 is 22.1 Å². The third-order valence-electron chi connectivity index (χ3n) is 10.5. The van der Waals surface area contributed by atoms with Gasteiger partial charge in [-0.05, 0) is 32.6 Å². The minimum atomic E-state index is -0.373. The van der Waals surface area contributed by atoms with E-state index < -0.39 is 0 Å². The molecule has 0 heterocycles. The lowest BCUT2D eigenvalue weighted by molar-refractivity contribution is -0.596. The molecule has 3 heteroatoms. The van der Waals surface area contributed by atoms with Crippen LogP contribution >= 0.6 is 0 Å². The van der Waals surface area contributed by atoms with E-state index in [2.05, 4.69) is 52.3 Å². The molecule has 0 saturated carbocycles. The molecule has 5 unspecified atom stereocenters. The average Bonchev–Trinajstić information content (AvgIpc) is 3.00. The van der Waals surface area contributed by atoms with Crippen molar-refractivity contribution in [2.75, 3.05) is 0 Å². The van der Waals surface area contributed by atoms with E-state index in [9.17, 15) is 5.11 Å². The van der Waals surface area contributed by atoms with Crippen molar-refractivity contribution in [2.45, 2.75) is 259 Å². The van der Waals surface area contributed by atoms with Crippen LogP contribution < -0.4 is 12.4 Å². The van der Waals surface area contributed by atoms with Crippen molar-refractivity contribution in [3.8, 4) is 0 Å². The molecule has 0 amide bonds. The fraction of sp³-hybridized carbons (Fsp3) is 0.977. The van der Waals surface area contributed by atoms with E-state index in [1.54, 1.807) is 0 Å². The summed E-state index contributed by atoms with van der Waals surface area (Å²) in [5.74, 6) is 1.51. The predicted molar refractivity (Wildman–Crippen MR) is 205 cm³/mol. The topological polar surface area (TPSA) is 23.2 Å². The van der Waals surface area contributed by atoms with Gasteiger partial charge in [0, 0.05) is 12.8 Å². The van der Waals surface area contributed by atoms with Gasteiger partial charge in [-0.2, -0.15) is 0 Å². The standard InChI is InChI=1S/C43H88NO.ClH/c1-8-10-12-14-16-18-20-22-24-26-28-30-32-34-39(3)36-41(5)44(38-43(7)45)42(6)37-40(4)35-33-31-29-27-25-23-21-19-17-15-13-11-9-2;/h38-43,45H,8-37H2,1-7H3;1H/q+1;/p-1. The zero-order chi connectivity index (χ0) is 33.4. The maximum absolute atomic E-state index is 10.3. The number of rotatable bonds is 35. The van der Waals surface area contributed by atoms with Crippen molar-refractivity contribution in [3.63, 3.8) is 0 Å². The quantitative estimate of drug-likeness (QED) is 0.0405. The Morgan fingerprint density at radius 3 is 0.891 bits per heavy atom. The van der Waals surface area contributed by atoms with E-state index in [4.69, 9.17) is 0 Å². The highest BCUT2D eigenvalue weighted by Crippen LogP contribution is 2.22. The molecule has 0 aliphatic heterocycles. The van der Waals surface area contributed by atoms with Gasteiger partial charge in [-0.1, -0.05) is 207 Å². The minimum absolute atomic E-state index is 0. The molecule has 278 valence electrons. The molecule has 0 radical (unpaired) electrons. The lowest BCUT2D eigenvalue weighted by Crippen LogP contribution is -3.00. The van der Waals surface area contributed by atoms with Gasteiger partial charge < -0.3 is 17.5 Å². The Labute approximate surface area is 298 Å². The zero-order valence-electron chi connectivity index (χ0n) is 32.9. The highest BCUT2D eigenvalue weighted by atomic mass is 35.5. The van der Waals surface area contributed by atoms with Crippen LogP contribution in [0.2, 0.25) is 0 Å². The Morgan fingerprint density at radius 1 is 0.413 bits per heavy atom. The Morgan fingerprint density at radius 2 is 0.652 bits per heavy atom. The number of hydrogen-bond donors (Lipinski definition) is 1. The van der Waals surface area contributed by atoms with Gasteiger partial charge >= 0.3 is 0 Å². The van der Waals surface area contributed by atoms with Crippen molar-refractivity contribution >= 4 is 6.21 Å². The second kappa shape index (κ2) is 36.2. The smallest absolute Gasteiger partial charge is 0.168 e. The summed E-state index contributed by atoms with van der Waals surface area (Å²) < 4.78 is 2.52. The largest absolute Gasteiger partial charge is 1.00 e. The first-order valence-electron chi connectivity index (χ1n) is 21.1.